The van der Waals surface area contributed by atoms with Crippen LogP contribution in [0.1, 0.15) is 37.3 Å². The van der Waals surface area contributed by atoms with E-state index in [0.29, 0.717) is 37.1 Å². The fraction of sp³-hybridized carbons (Fsp3) is 0.450. The van der Waals surface area contributed by atoms with Crippen LogP contribution in [0.3, 0.4) is 0 Å². The number of rotatable bonds is 7. The van der Waals surface area contributed by atoms with Crippen LogP contribution in [0.15, 0.2) is 28.1 Å². The third-order valence-electron chi connectivity index (χ3n) is 4.68. The van der Waals surface area contributed by atoms with E-state index in [1.807, 2.05) is 5.92 Å². The van der Waals surface area contributed by atoms with Gasteiger partial charge in [-0.05, 0) is 44.4 Å². The van der Waals surface area contributed by atoms with Crippen LogP contribution in [-0.4, -0.2) is 45.5 Å². The molecule has 0 bridgehead atoms. The van der Waals surface area contributed by atoms with Gasteiger partial charge < -0.3 is 10.1 Å². The quantitative estimate of drug-likeness (QED) is 0.373. The number of carbonyl (C=O) groups excluding carboxylic acids is 1. The number of carbonyl (C=O) groups is 1. The highest BCUT2D eigenvalue weighted by atomic mass is 32.2. The van der Waals surface area contributed by atoms with Crippen LogP contribution in [-0.2, 0) is 25.7 Å². The maximum atomic E-state index is 13.1. The summed E-state index contributed by atoms with van der Waals surface area (Å²) in [6, 6.07) is 1.39. The van der Waals surface area contributed by atoms with Gasteiger partial charge in [0.05, 0.1) is 17.1 Å². The minimum absolute atomic E-state index is 0.191. The summed E-state index contributed by atoms with van der Waals surface area (Å²) in [6.07, 6.45) is 2.75. The predicted molar refractivity (Wildman–Crippen MR) is 109 cm³/mol. The molecule has 7 nitrogen and oxygen atoms in total. The predicted octanol–water partition coefficient (Wildman–Crippen LogP) is 2.79. The average molecular weight is 457 g/mol. The number of esters is 1. The summed E-state index contributed by atoms with van der Waals surface area (Å²) in [5.41, 5.74) is -0.943. The summed E-state index contributed by atoms with van der Waals surface area (Å²) in [5, 5.41) is 7.69. The average Bonchev–Trinajstić information content (AvgIpc) is 2.71. The Bertz CT molecular complexity index is 1010. The number of halogens is 3. The normalized spacial score (nSPS) is 20.8. The number of sulfonamides is 1. The van der Waals surface area contributed by atoms with Crippen LogP contribution < -0.4 is 4.72 Å². The molecule has 1 saturated carbocycles. The first kappa shape index (κ1) is 24.6. The lowest BCUT2D eigenvalue weighted by Gasteiger charge is -2.30. The Morgan fingerprint density at radius 1 is 1.42 bits per heavy atom. The van der Waals surface area contributed by atoms with Gasteiger partial charge in [-0.25, -0.2) is 13.1 Å². The highest BCUT2D eigenvalue weighted by Crippen LogP contribution is 2.32. The molecule has 0 heterocycles. The molecule has 1 aromatic carbocycles. The lowest BCUT2D eigenvalue weighted by Crippen LogP contribution is -2.46. The zero-order valence-corrected chi connectivity index (χ0v) is 17.5. The van der Waals surface area contributed by atoms with E-state index in [9.17, 15) is 26.4 Å². The van der Waals surface area contributed by atoms with Gasteiger partial charge in [-0.3, -0.25) is 9.79 Å². The standard InChI is InChI=1S/C20H22F3N3O4S/c1-3-13-8-14(20(21,22)23)10-15(9-13)31(28,29)26-18-7-5-6-17(16(18)11-24)25-12-19(27)30-4-2/h1,8-11,16,18,24,26H,4-7,12H2,2H3. The molecule has 0 saturated heterocycles. The lowest BCUT2D eigenvalue weighted by atomic mass is 9.84. The summed E-state index contributed by atoms with van der Waals surface area (Å²) < 4.78 is 72.3. The molecule has 11 heteroatoms. The van der Waals surface area contributed by atoms with Crippen LogP contribution in [0.5, 0.6) is 0 Å². The van der Waals surface area contributed by atoms with Gasteiger partial charge in [0.25, 0.3) is 0 Å². The summed E-state index contributed by atoms with van der Waals surface area (Å²) in [5.74, 6) is 0.740. The van der Waals surface area contributed by atoms with Gasteiger partial charge in [-0.1, -0.05) is 5.92 Å². The molecular weight excluding hydrogens is 435 g/mol. The molecule has 2 rings (SSSR count). The molecule has 2 atom stereocenters. The third-order valence-corrected chi connectivity index (χ3v) is 6.15. The highest BCUT2D eigenvalue weighted by molar-refractivity contribution is 7.89. The van der Waals surface area contributed by atoms with Gasteiger partial charge in [-0.2, -0.15) is 13.2 Å². The summed E-state index contributed by atoms with van der Waals surface area (Å²) >= 11 is 0. The van der Waals surface area contributed by atoms with E-state index in [4.69, 9.17) is 16.6 Å². The number of aliphatic imine (C=N–C) groups is 1. The maximum Gasteiger partial charge on any atom is 0.416 e. The SMILES string of the molecule is C#Cc1cc(C(F)(F)F)cc(S(=O)(=O)NC2CCCC(=NCC(=O)OCC)C2C=N)c1. The van der Waals surface area contributed by atoms with E-state index in [1.54, 1.807) is 6.92 Å². The van der Waals surface area contributed by atoms with Gasteiger partial charge in [0.2, 0.25) is 10.0 Å². The van der Waals surface area contributed by atoms with Crippen LogP contribution in [0.2, 0.25) is 0 Å². The Labute approximate surface area is 178 Å². The molecule has 1 aromatic rings. The third kappa shape index (κ3) is 6.38. The monoisotopic (exact) mass is 457 g/mol. The Kier molecular flexibility index (Phi) is 7.97. The van der Waals surface area contributed by atoms with Crippen molar-refractivity contribution in [2.75, 3.05) is 13.2 Å². The minimum Gasteiger partial charge on any atom is -0.465 e. The topological polar surface area (TPSA) is 109 Å². The zero-order valence-electron chi connectivity index (χ0n) is 16.7. The first-order chi connectivity index (χ1) is 14.5. The fourth-order valence-electron chi connectivity index (χ4n) is 3.25. The Morgan fingerprint density at radius 3 is 2.71 bits per heavy atom. The van der Waals surface area contributed by atoms with Crippen LogP contribution in [0, 0.1) is 23.7 Å². The van der Waals surface area contributed by atoms with E-state index in [2.05, 4.69) is 9.71 Å². The van der Waals surface area contributed by atoms with Gasteiger partial charge >= 0.3 is 12.1 Å². The van der Waals surface area contributed by atoms with E-state index in [0.717, 1.165) is 12.3 Å². The van der Waals surface area contributed by atoms with Crippen molar-refractivity contribution >= 4 is 27.9 Å². The Hall–Kier alpha value is -2.71. The van der Waals surface area contributed by atoms with E-state index in [-0.39, 0.29) is 18.7 Å². The van der Waals surface area contributed by atoms with Gasteiger partial charge in [0.15, 0.2) is 0 Å². The largest absolute Gasteiger partial charge is 0.465 e. The van der Waals surface area contributed by atoms with E-state index in [1.165, 1.54) is 0 Å². The van der Waals surface area contributed by atoms with Crippen LogP contribution in [0.4, 0.5) is 13.2 Å². The molecule has 1 fully saturated rings. The summed E-state index contributed by atoms with van der Waals surface area (Å²) in [7, 11) is -4.38. The van der Waals surface area contributed by atoms with Crippen molar-refractivity contribution in [1.82, 2.24) is 4.72 Å². The zero-order chi connectivity index (χ0) is 23.2. The highest BCUT2D eigenvalue weighted by Gasteiger charge is 2.35. The first-order valence-electron chi connectivity index (χ1n) is 9.42. The van der Waals surface area contributed by atoms with Gasteiger partial charge in [0, 0.05) is 29.4 Å². The number of terminal acetylenes is 1. The lowest BCUT2D eigenvalue weighted by molar-refractivity contribution is -0.141. The van der Waals surface area contributed by atoms with Crippen molar-refractivity contribution in [3.05, 3.63) is 29.3 Å². The number of benzene rings is 1. The molecule has 1 aliphatic rings. The van der Waals surface area contributed by atoms with Gasteiger partial charge in [0.1, 0.15) is 6.54 Å². The summed E-state index contributed by atoms with van der Waals surface area (Å²) in [4.78, 5) is 15.1. The summed E-state index contributed by atoms with van der Waals surface area (Å²) in [6.45, 7) is 1.58. The van der Waals surface area contributed by atoms with Crippen molar-refractivity contribution in [1.29, 1.82) is 5.41 Å². The number of hydrogen-bond acceptors (Lipinski definition) is 6. The van der Waals surface area contributed by atoms with Crippen molar-refractivity contribution in [2.24, 2.45) is 10.9 Å². The molecule has 0 aliphatic heterocycles. The molecule has 0 spiro atoms. The maximum absolute atomic E-state index is 13.1. The molecule has 31 heavy (non-hydrogen) atoms. The van der Waals surface area contributed by atoms with Gasteiger partial charge in [-0.15, -0.1) is 6.42 Å². The van der Waals surface area contributed by atoms with E-state index < -0.39 is 44.6 Å². The smallest absolute Gasteiger partial charge is 0.416 e. The first-order valence-corrected chi connectivity index (χ1v) is 10.9. The second-order valence-corrected chi connectivity index (χ2v) is 8.53. The Morgan fingerprint density at radius 2 is 2.13 bits per heavy atom. The minimum atomic E-state index is -4.77. The number of hydrogen-bond donors (Lipinski definition) is 2. The molecule has 2 N–H and O–H groups in total. The van der Waals surface area contributed by atoms with Crippen molar-refractivity contribution in [3.63, 3.8) is 0 Å². The number of ether oxygens (including phenoxy) is 1. The molecule has 1 aliphatic carbocycles. The van der Waals surface area contributed by atoms with Crippen LogP contribution in [0.25, 0.3) is 0 Å². The molecule has 168 valence electrons. The number of nitrogens with zero attached hydrogens (tertiary/aromatic N) is 1. The molecule has 0 aromatic heterocycles. The second kappa shape index (κ2) is 10.1. The van der Waals surface area contributed by atoms with E-state index >= 15 is 0 Å². The molecule has 2 unspecified atom stereocenters. The molecular formula is C20H22F3N3O4S. The molecule has 0 amide bonds. The second-order valence-electron chi connectivity index (χ2n) is 6.81. The fourth-order valence-corrected chi connectivity index (χ4v) is 4.62. The van der Waals surface area contributed by atoms with Crippen molar-refractivity contribution in [2.45, 2.75) is 43.3 Å². The Balaban J connectivity index is 2.31. The van der Waals surface area contributed by atoms with Crippen LogP contribution >= 0.6 is 0 Å². The number of nitrogens with one attached hydrogen (secondary N) is 2. The number of alkyl halides is 3. The van der Waals surface area contributed by atoms with Crippen molar-refractivity contribution < 1.29 is 31.1 Å². The van der Waals surface area contributed by atoms with Crippen molar-refractivity contribution in [3.8, 4) is 12.3 Å². The molecule has 0 radical (unpaired) electrons.